The Balaban J connectivity index is 2.43. The number of hydrogen-bond acceptors (Lipinski definition) is 2. The van der Waals surface area contributed by atoms with E-state index in [1.165, 1.54) is 11.3 Å². The fourth-order valence-corrected chi connectivity index (χ4v) is 3.00. The number of nitrogens with one attached hydrogen (secondary N) is 1. The molecule has 1 rings (SSSR count). The standard InChI is InChI=1S/C14H22BrNS/c1-4-9-16-14(11(2)3)10-17-13-7-5-12(15)6-8-13/h5-8,11,14,16H,4,9-10H2,1-3H3. The lowest BCUT2D eigenvalue weighted by Gasteiger charge is -2.21. The minimum Gasteiger partial charge on any atom is -0.313 e. The van der Waals surface area contributed by atoms with Crippen LogP contribution in [0.4, 0.5) is 0 Å². The van der Waals surface area contributed by atoms with Crippen molar-refractivity contribution < 1.29 is 0 Å². The SMILES string of the molecule is CCCNC(CSc1ccc(Br)cc1)C(C)C. The zero-order valence-corrected chi connectivity index (χ0v) is 13.3. The molecule has 0 aromatic heterocycles. The Morgan fingerprint density at radius 2 is 1.88 bits per heavy atom. The number of thioether (sulfide) groups is 1. The van der Waals surface area contributed by atoms with Crippen molar-refractivity contribution in [3.8, 4) is 0 Å². The number of benzene rings is 1. The van der Waals surface area contributed by atoms with E-state index in [1.54, 1.807) is 0 Å². The highest BCUT2D eigenvalue weighted by Gasteiger charge is 2.12. The van der Waals surface area contributed by atoms with Gasteiger partial charge in [-0.15, -0.1) is 11.8 Å². The second-order valence-corrected chi connectivity index (χ2v) is 6.58. The second kappa shape index (κ2) is 8.17. The number of halogens is 1. The van der Waals surface area contributed by atoms with Crippen LogP contribution in [-0.2, 0) is 0 Å². The van der Waals surface area contributed by atoms with Crippen LogP contribution in [0, 0.1) is 5.92 Å². The summed E-state index contributed by atoms with van der Waals surface area (Å²) in [5.41, 5.74) is 0. The van der Waals surface area contributed by atoms with Gasteiger partial charge >= 0.3 is 0 Å². The lowest BCUT2D eigenvalue weighted by atomic mass is 10.1. The van der Waals surface area contributed by atoms with Gasteiger partial charge in [-0.2, -0.15) is 0 Å². The summed E-state index contributed by atoms with van der Waals surface area (Å²) in [5, 5.41) is 3.62. The van der Waals surface area contributed by atoms with E-state index in [-0.39, 0.29) is 0 Å². The summed E-state index contributed by atoms with van der Waals surface area (Å²) in [5.74, 6) is 1.82. The molecular weight excluding hydrogens is 294 g/mol. The van der Waals surface area contributed by atoms with Crippen LogP contribution >= 0.6 is 27.7 Å². The molecule has 17 heavy (non-hydrogen) atoms. The molecule has 1 aromatic carbocycles. The number of hydrogen-bond donors (Lipinski definition) is 1. The first kappa shape index (κ1) is 15.1. The normalized spacial score (nSPS) is 13.0. The molecule has 0 radical (unpaired) electrons. The third kappa shape index (κ3) is 5.94. The maximum Gasteiger partial charge on any atom is 0.0184 e. The van der Waals surface area contributed by atoms with Gasteiger partial charge in [-0.25, -0.2) is 0 Å². The fraction of sp³-hybridized carbons (Fsp3) is 0.571. The zero-order valence-electron chi connectivity index (χ0n) is 10.9. The summed E-state index contributed by atoms with van der Waals surface area (Å²) in [4.78, 5) is 1.34. The minimum atomic E-state index is 0.601. The molecule has 0 aliphatic carbocycles. The van der Waals surface area contributed by atoms with Crippen molar-refractivity contribution in [2.75, 3.05) is 12.3 Å². The van der Waals surface area contributed by atoms with Crippen LogP contribution in [0.2, 0.25) is 0 Å². The fourth-order valence-electron chi connectivity index (χ4n) is 1.53. The van der Waals surface area contributed by atoms with Crippen LogP contribution in [0.1, 0.15) is 27.2 Å². The number of rotatable bonds is 7. The smallest absolute Gasteiger partial charge is 0.0184 e. The van der Waals surface area contributed by atoms with E-state index in [2.05, 4.69) is 66.3 Å². The molecule has 0 aliphatic rings. The summed E-state index contributed by atoms with van der Waals surface area (Å²) in [6.07, 6.45) is 1.20. The van der Waals surface area contributed by atoms with Gasteiger partial charge in [-0.05, 0) is 43.1 Å². The Labute approximate surface area is 118 Å². The summed E-state index contributed by atoms with van der Waals surface area (Å²) < 4.78 is 1.14. The topological polar surface area (TPSA) is 12.0 Å². The Hall–Kier alpha value is 0.01000. The van der Waals surface area contributed by atoms with Gasteiger partial charge in [-0.1, -0.05) is 36.7 Å². The van der Waals surface area contributed by atoms with Crippen LogP contribution in [0.5, 0.6) is 0 Å². The molecule has 1 aromatic rings. The van der Waals surface area contributed by atoms with Crippen molar-refractivity contribution in [3.63, 3.8) is 0 Å². The molecule has 96 valence electrons. The molecule has 0 bridgehead atoms. The van der Waals surface area contributed by atoms with Gasteiger partial charge in [0.15, 0.2) is 0 Å². The largest absolute Gasteiger partial charge is 0.313 e. The lowest BCUT2D eigenvalue weighted by Crippen LogP contribution is -2.36. The molecule has 1 atom stereocenters. The maximum absolute atomic E-state index is 3.62. The third-order valence-corrected chi connectivity index (χ3v) is 4.36. The van der Waals surface area contributed by atoms with Gasteiger partial charge in [0, 0.05) is 21.2 Å². The van der Waals surface area contributed by atoms with Gasteiger partial charge in [-0.3, -0.25) is 0 Å². The molecule has 1 unspecified atom stereocenters. The summed E-state index contributed by atoms with van der Waals surface area (Å²) in [7, 11) is 0. The lowest BCUT2D eigenvalue weighted by molar-refractivity contribution is 0.434. The summed E-state index contributed by atoms with van der Waals surface area (Å²) in [6.45, 7) is 7.90. The Bertz CT molecular complexity index is 311. The van der Waals surface area contributed by atoms with E-state index < -0.39 is 0 Å². The predicted octanol–water partition coefficient (Wildman–Crippen LogP) is 4.57. The average Bonchev–Trinajstić information content (AvgIpc) is 2.31. The van der Waals surface area contributed by atoms with Gasteiger partial charge in [0.25, 0.3) is 0 Å². The van der Waals surface area contributed by atoms with Crippen LogP contribution < -0.4 is 5.32 Å². The van der Waals surface area contributed by atoms with Gasteiger partial charge in [0.2, 0.25) is 0 Å². The highest BCUT2D eigenvalue weighted by molar-refractivity contribution is 9.10. The monoisotopic (exact) mass is 315 g/mol. The van der Waals surface area contributed by atoms with Crippen LogP contribution in [0.3, 0.4) is 0 Å². The van der Waals surface area contributed by atoms with Crippen molar-refractivity contribution in [3.05, 3.63) is 28.7 Å². The average molecular weight is 316 g/mol. The van der Waals surface area contributed by atoms with E-state index in [9.17, 15) is 0 Å². The molecule has 0 spiro atoms. The molecule has 1 nitrogen and oxygen atoms in total. The van der Waals surface area contributed by atoms with E-state index >= 15 is 0 Å². The molecular formula is C14H22BrNS. The second-order valence-electron chi connectivity index (χ2n) is 4.57. The molecule has 0 amide bonds. The third-order valence-electron chi connectivity index (χ3n) is 2.70. The molecule has 0 saturated heterocycles. The summed E-state index contributed by atoms with van der Waals surface area (Å²) >= 11 is 5.39. The molecule has 0 saturated carbocycles. The van der Waals surface area contributed by atoms with Gasteiger partial charge in [0.05, 0.1) is 0 Å². The van der Waals surface area contributed by atoms with Crippen molar-refractivity contribution in [1.82, 2.24) is 5.32 Å². The van der Waals surface area contributed by atoms with Crippen LogP contribution in [0.15, 0.2) is 33.6 Å². The first-order chi connectivity index (χ1) is 8.13. The minimum absolute atomic E-state index is 0.601. The van der Waals surface area contributed by atoms with Crippen molar-refractivity contribution in [1.29, 1.82) is 0 Å². The van der Waals surface area contributed by atoms with Gasteiger partial charge in [0.1, 0.15) is 0 Å². The molecule has 0 heterocycles. The molecule has 1 N–H and O–H groups in total. The Morgan fingerprint density at radius 3 is 2.41 bits per heavy atom. The highest BCUT2D eigenvalue weighted by Crippen LogP contribution is 2.22. The molecule has 3 heteroatoms. The Morgan fingerprint density at radius 1 is 1.24 bits per heavy atom. The molecule has 0 aliphatic heterocycles. The maximum atomic E-state index is 3.62. The quantitative estimate of drug-likeness (QED) is 0.740. The van der Waals surface area contributed by atoms with Crippen molar-refractivity contribution >= 4 is 27.7 Å². The van der Waals surface area contributed by atoms with Crippen LogP contribution in [0.25, 0.3) is 0 Å². The van der Waals surface area contributed by atoms with E-state index in [0.29, 0.717) is 12.0 Å². The Kier molecular flexibility index (Phi) is 7.24. The van der Waals surface area contributed by atoms with E-state index in [1.807, 2.05) is 11.8 Å². The van der Waals surface area contributed by atoms with Crippen molar-refractivity contribution in [2.45, 2.75) is 38.1 Å². The van der Waals surface area contributed by atoms with Crippen LogP contribution in [-0.4, -0.2) is 18.3 Å². The zero-order chi connectivity index (χ0) is 12.7. The summed E-state index contributed by atoms with van der Waals surface area (Å²) in [6, 6.07) is 9.15. The van der Waals surface area contributed by atoms with E-state index in [4.69, 9.17) is 0 Å². The highest BCUT2D eigenvalue weighted by atomic mass is 79.9. The van der Waals surface area contributed by atoms with Crippen molar-refractivity contribution in [2.24, 2.45) is 5.92 Å². The first-order valence-electron chi connectivity index (χ1n) is 6.25. The van der Waals surface area contributed by atoms with E-state index in [0.717, 1.165) is 16.8 Å². The molecule has 0 fully saturated rings. The first-order valence-corrected chi connectivity index (χ1v) is 8.03. The van der Waals surface area contributed by atoms with Gasteiger partial charge < -0.3 is 5.32 Å². The predicted molar refractivity (Wildman–Crippen MR) is 81.8 cm³/mol.